The second-order valence-corrected chi connectivity index (χ2v) is 22.3. The maximum Gasteiger partial charge on any atom is 0.407 e. The number of benzene rings is 2. The van der Waals surface area contributed by atoms with Crippen LogP contribution in [-0.2, 0) is 38.0 Å². The van der Waals surface area contributed by atoms with E-state index in [1.54, 1.807) is 51.2 Å². The van der Waals surface area contributed by atoms with Crippen LogP contribution in [0.1, 0.15) is 96.1 Å². The van der Waals surface area contributed by atoms with Crippen LogP contribution in [-0.4, -0.2) is 176 Å². The molecule has 0 radical (unpaired) electrons. The van der Waals surface area contributed by atoms with E-state index >= 15 is 0 Å². The number of nitrogens with one attached hydrogen (secondary N) is 2. The van der Waals surface area contributed by atoms with Crippen molar-refractivity contribution in [3.8, 4) is 11.1 Å². The Kier molecular flexibility index (Phi) is 24.0. The van der Waals surface area contributed by atoms with Gasteiger partial charge in [-0.2, -0.15) is 0 Å². The van der Waals surface area contributed by atoms with Crippen LogP contribution >= 0.6 is 0 Å². The topological polar surface area (TPSA) is 302 Å². The van der Waals surface area contributed by atoms with Gasteiger partial charge in [-0.15, -0.1) is 0 Å². The fourth-order valence-electron chi connectivity index (χ4n) is 11.3. The number of esters is 1. The van der Waals surface area contributed by atoms with E-state index in [1.807, 2.05) is 110 Å². The number of amides is 2. The monoisotopic (exact) mass is 1160 g/mol. The Morgan fingerprint density at radius 1 is 0.651 bits per heavy atom. The molecule has 3 saturated heterocycles. The molecular formula is C63H84N2O18. The molecule has 0 spiro atoms. The first-order chi connectivity index (χ1) is 39.8. The summed E-state index contributed by atoms with van der Waals surface area (Å²) in [7, 11) is 1.36. The average molecular weight is 1160 g/mol. The van der Waals surface area contributed by atoms with Gasteiger partial charge in [0.25, 0.3) is 0 Å². The molecule has 2 bridgehead atoms. The van der Waals surface area contributed by atoms with Crippen molar-refractivity contribution in [2.45, 2.75) is 188 Å². The number of alkyl carbamates (subject to hydrolysis) is 2. The summed E-state index contributed by atoms with van der Waals surface area (Å²) in [6.45, 7) is 6.82. The Balaban J connectivity index is 1.08. The highest BCUT2D eigenvalue weighted by Crippen LogP contribution is 2.45. The van der Waals surface area contributed by atoms with Crippen molar-refractivity contribution in [3.63, 3.8) is 0 Å². The highest BCUT2D eigenvalue weighted by molar-refractivity contribution is 5.79. The van der Waals surface area contributed by atoms with E-state index in [0.29, 0.717) is 0 Å². The number of cyclic esters (lactones) is 1. The molecule has 20 nitrogen and oxygen atoms in total. The number of hydrogen-bond acceptors (Lipinski definition) is 18. The summed E-state index contributed by atoms with van der Waals surface area (Å²) in [5.41, 5.74) is 4.11. The van der Waals surface area contributed by atoms with Gasteiger partial charge in [0, 0.05) is 50.5 Å². The van der Waals surface area contributed by atoms with Crippen LogP contribution < -0.4 is 10.6 Å². The van der Waals surface area contributed by atoms with Gasteiger partial charge in [-0.1, -0.05) is 147 Å². The highest BCUT2D eigenvalue weighted by Gasteiger charge is 2.54. The Morgan fingerprint density at radius 3 is 1.88 bits per heavy atom. The van der Waals surface area contributed by atoms with E-state index in [9.17, 15) is 55.2 Å². The van der Waals surface area contributed by atoms with Crippen LogP contribution in [0.25, 0.3) is 11.1 Å². The molecule has 4 aliphatic heterocycles. The van der Waals surface area contributed by atoms with Gasteiger partial charge < -0.3 is 84.6 Å². The molecule has 454 valence electrons. The van der Waals surface area contributed by atoms with Crippen LogP contribution in [0.15, 0.2) is 134 Å². The van der Waals surface area contributed by atoms with Crippen molar-refractivity contribution >= 4 is 18.2 Å². The number of allylic oxidation sites excluding steroid dienone is 12. The van der Waals surface area contributed by atoms with Crippen molar-refractivity contribution < 1.29 is 88.4 Å². The first-order valence-electron chi connectivity index (χ1n) is 28.7. The van der Waals surface area contributed by atoms with Gasteiger partial charge in [0.2, 0.25) is 0 Å². The molecule has 0 saturated carbocycles. The first-order valence-corrected chi connectivity index (χ1v) is 28.7. The van der Waals surface area contributed by atoms with Gasteiger partial charge in [0.1, 0.15) is 31.0 Å². The third-order valence-corrected chi connectivity index (χ3v) is 16.2. The SMILES string of the molecule is CO[C@]12CC3OC(=O)N[C@H]3C(C[C@@H](O[C@@H]3O[C@H](C)[C@@H](O)[C@H](NC(=O)OCC4c5ccccc5-c5ccccc54)[C@@H]3O)/C=C/C=C/C=C/C=C/C=C/C=C/C=C/[C@H](C)[C@@H](O)[C@@H](C)C(C)OC(=O)C[C@H](O)C[C@H](O)CC[C@@H](O)[C@H](O)C[C@H](O)C1)O2. The summed E-state index contributed by atoms with van der Waals surface area (Å²) < 4.78 is 42.2. The summed E-state index contributed by atoms with van der Waals surface area (Å²) in [6.07, 6.45) is 5.57. The second-order valence-electron chi connectivity index (χ2n) is 22.3. The number of fused-ring (bicyclic) bond motifs is 7. The first kappa shape index (κ1) is 64.7. The van der Waals surface area contributed by atoms with Gasteiger partial charge in [0.15, 0.2) is 12.1 Å². The fraction of sp³-hybridized carbons (Fsp3) is 0.540. The molecule has 7 rings (SSSR count). The van der Waals surface area contributed by atoms with Crippen LogP contribution in [0.5, 0.6) is 0 Å². The molecule has 20 heteroatoms. The van der Waals surface area contributed by atoms with Crippen LogP contribution in [0.4, 0.5) is 9.59 Å². The predicted octanol–water partition coefficient (Wildman–Crippen LogP) is 5.36. The smallest absolute Gasteiger partial charge is 0.407 e. The summed E-state index contributed by atoms with van der Waals surface area (Å²) in [6, 6.07) is 13.7. The Bertz CT molecular complexity index is 2610. The second kappa shape index (κ2) is 30.8. The minimum absolute atomic E-state index is 0.0121. The Morgan fingerprint density at radius 2 is 1.25 bits per heavy atom. The lowest BCUT2D eigenvalue weighted by molar-refractivity contribution is -0.307. The fourth-order valence-corrected chi connectivity index (χ4v) is 11.3. The zero-order valence-corrected chi connectivity index (χ0v) is 47.7. The molecule has 10 N–H and O–H groups in total. The Hall–Kier alpha value is -5.85. The van der Waals surface area contributed by atoms with Gasteiger partial charge in [-0.3, -0.25) is 4.79 Å². The third kappa shape index (κ3) is 17.9. The van der Waals surface area contributed by atoms with Crippen LogP contribution in [0.3, 0.4) is 0 Å². The zero-order chi connectivity index (χ0) is 59.8. The number of aliphatic hydroxyl groups is 8. The summed E-state index contributed by atoms with van der Waals surface area (Å²) in [5.74, 6) is -3.31. The zero-order valence-electron chi connectivity index (χ0n) is 47.7. The van der Waals surface area contributed by atoms with Crippen molar-refractivity contribution in [1.29, 1.82) is 0 Å². The maximum absolute atomic E-state index is 13.6. The highest BCUT2D eigenvalue weighted by atomic mass is 16.7. The molecule has 19 atom stereocenters. The molecule has 4 heterocycles. The normalized spacial score (nSPS) is 39.1. The minimum atomic E-state index is -1.64. The molecule has 1 aliphatic carbocycles. The number of rotatable bonds is 6. The van der Waals surface area contributed by atoms with Gasteiger partial charge >= 0.3 is 18.2 Å². The van der Waals surface area contributed by atoms with Crippen molar-refractivity contribution in [3.05, 3.63) is 145 Å². The number of carbonyl (C=O) groups is 3. The summed E-state index contributed by atoms with van der Waals surface area (Å²) in [5, 5.41) is 94.5. The molecule has 0 aromatic heterocycles. The number of ether oxygens (including phenoxy) is 7. The lowest BCUT2D eigenvalue weighted by Crippen LogP contribution is -2.64. The summed E-state index contributed by atoms with van der Waals surface area (Å²) in [4.78, 5) is 39.2. The average Bonchev–Trinajstić information content (AvgIpc) is 2.79. The van der Waals surface area contributed by atoms with Crippen molar-refractivity contribution in [2.75, 3.05) is 13.7 Å². The molecular weight excluding hydrogens is 1070 g/mol. The minimum Gasteiger partial charge on any atom is -0.462 e. The Labute approximate surface area is 485 Å². The standard InChI is InChI=1S/C63H84N2O18/c1-37-22-16-14-12-10-8-6-7-9-11-13-15-17-23-44(81-60-59(74)56(58(73)40(4)80-60)65-61(75)78-36-49-47-26-20-18-24-45(47)46-25-19-21-27-48(46)49)33-52-55-53(82-62(76)64-55)35-63(77-5,83-52)34-43(68)31-51(70)50(69)29-28-41(66)30-42(67)32-54(71)79-39(3)38(2)57(37)72/h6-27,37-44,49-53,55-60,66-70,72-74H,28-36H2,1-5H3,(H,64,76)(H,65,75)/b7-6+,10-8+,11-9+,14-12+,15-13+,22-16+,23-17+/t37-,38-,39?,40+,41+,42+,43-,44-,50+,51+,52?,53?,55-,56-,57+,58+,59-,60-,63+/m0/s1. The quantitative estimate of drug-likeness (QED) is 0.129. The van der Waals surface area contributed by atoms with Crippen molar-refractivity contribution in [2.24, 2.45) is 11.8 Å². The number of carbonyl (C=O) groups excluding carboxylic acids is 3. The van der Waals surface area contributed by atoms with Crippen molar-refractivity contribution in [1.82, 2.24) is 10.6 Å². The lowest BCUT2D eigenvalue weighted by Gasteiger charge is -2.46. The maximum atomic E-state index is 13.6. The molecule has 3 unspecified atom stereocenters. The third-order valence-electron chi connectivity index (χ3n) is 16.2. The number of methoxy groups -OCH3 is 1. The molecule has 83 heavy (non-hydrogen) atoms. The lowest BCUT2D eigenvalue weighted by atomic mass is 9.87. The van der Waals surface area contributed by atoms with E-state index in [1.165, 1.54) is 7.11 Å². The van der Waals surface area contributed by atoms with E-state index < -0.39 is 134 Å². The van der Waals surface area contributed by atoms with Crippen LogP contribution in [0, 0.1) is 11.8 Å². The number of hydrogen-bond donors (Lipinski definition) is 10. The molecule has 3 fully saturated rings. The largest absolute Gasteiger partial charge is 0.462 e. The molecule has 5 aliphatic rings. The van der Waals surface area contributed by atoms with E-state index in [2.05, 4.69) is 10.6 Å². The van der Waals surface area contributed by atoms with Gasteiger partial charge in [-0.25, -0.2) is 9.59 Å². The molecule has 2 amide bonds. The molecule has 2 aromatic rings. The predicted molar refractivity (Wildman–Crippen MR) is 306 cm³/mol. The molecule has 2 aromatic carbocycles. The van der Waals surface area contributed by atoms with Gasteiger partial charge in [0.05, 0.1) is 73.4 Å². The van der Waals surface area contributed by atoms with Gasteiger partial charge in [-0.05, 0) is 55.4 Å². The van der Waals surface area contributed by atoms with E-state index in [4.69, 9.17) is 33.2 Å². The van der Waals surface area contributed by atoms with E-state index in [0.717, 1.165) is 22.3 Å². The van der Waals surface area contributed by atoms with E-state index in [-0.39, 0.29) is 63.4 Å². The number of aliphatic hydroxyl groups excluding tert-OH is 8. The summed E-state index contributed by atoms with van der Waals surface area (Å²) >= 11 is 0. The van der Waals surface area contributed by atoms with Crippen LogP contribution in [0.2, 0.25) is 0 Å².